The molecule has 0 saturated carbocycles. The highest BCUT2D eigenvalue weighted by Crippen LogP contribution is 2.17. The van der Waals surface area contributed by atoms with Gasteiger partial charge < -0.3 is 5.21 Å². The summed E-state index contributed by atoms with van der Waals surface area (Å²) in [6, 6.07) is 3.41. The van der Waals surface area contributed by atoms with Gasteiger partial charge in [0.25, 0.3) is 0 Å². The second-order valence-electron chi connectivity index (χ2n) is 2.81. The second-order valence-corrected chi connectivity index (χ2v) is 2.81. The van der Waals surface area contributed by atoms with Crippen LogP contribution in [0.3, 0.4) is 0 Å². The van der Waals surface area contributed by atoms with Gasteiger partial charge in [0, 0.05) is 6.20 Å². The monoisotopic (exact) mass is 176 g/mol. The van der Waals surface area contributed by atoms with E-state index in [0.29, 0.717) is 16.6 Å². The van der Waals surface area contributed by atoms with Crippen LogP contribution in [-0.2, 0) is 0 Å². The minimum absolute atomic E-state index is 0.100. The van der Waals surface area contributed by atoms with Gasteiger partial charge in [0.15, 0.2) is 5.78 Å². The molecule has 0 aliphatic heterocycles. The molecule has 0 radical (unpaired) electrons. The van der Waals surface area contributed by atoms with Crippen molar-refractivity contribution < 1.29 is 10.0 Å². The zero-order chi connectivity index (χ0) is 9.42. The molecule has 0 bridgehead atoms. The predicted molar refractivity (Wildman–Crippen MR) is 46.9 cm³/mol. The molecule has 2 aromatic heterocycles. The number of ketones is 1. The number of hydrogen-bond donors (Lipinski definition) is 1. The first-order valence-corrected chi connectivity index (χ1v) is 3.86. The number of carbonyl (C=O) groups excluding carboxylic acids is 1. The van der Waals surface area contributed by atoms with Crippen LogP contribution in [0.25, 0.3) is 11.0 Å². The molecule has 2 rings (SSSR count). The van der Waals surface area contributed by atoms with Gasteiger partial charge in [-0.3, -0.25) is 9.78 Å². The molecule has 0 fully saturated rings. The first kappa shape index (κ1) is 7.79. The van der Waals surface area contributed by atoms with Gasteiger partial charge in [-0.15, -0.1) is 0 Å². The maximum absolute atomic E-state index is 11.1. The van der Waals surface area contributed by atoms with Crippen LogP contribution in [0.2, 0.25) is 0 Å². The van der Waals surface area contributed by atoms with Crippen LogP contribution in [0.5, 0.6) is 0 Å². The molecule has 0 atom stereocenters. The summed E-state index contributed by atoms with van der Waals surface area (Å²) in [7, 11) is 0. The van der Waals surface area contributed by atoms with Crippen molar-refractivity contribution in [2.24, 2.45) is 0 Å². The Hall–Kier alpha value is -1.84. The number of nitrogens with zero attached hydrogens (tertiary/aromatic N) is 2. The minimum Gasteiger partial charge on any atom is -0.428 e. The molecule has 0 spiro atoms. The Bertz CT molecular complexity index is 473. The Labute approximate surface area is 74.4 Å². The lowest BCUT2D eigenvalue weighted by Crippen LogP contribution is -1.90. The zero-order valence-corrected chi connectivity index (χ0v) is 7.06. The van der Waals surface area contributed by atoms with Crippen molar-refractivity contribution in [2.75, 3.05) is 0 Å². The third-order valence-electron chi connectivity index (χ3n) is 1.92. The lowest BCUT2D eigenvalue weighted by atomic mass is 10.2. The molecule has 66 valence electrons. The Balaban J connectivity index is 2.85. The van der Waals surface area contributed by atoms with Crippen molar-refractivity contribution in [3.63, 3.8) is 0 Å². The summed E-state index contributed by atoms with van der Waals surface area (Å²) >= 11 is 0. The van der Waals surface area contributed by atoms with Crippen molar-refractivity contribution in [1.29, 1.82) is 0 Å². The van der Waals surface area contributed by atoms with E-state index >= 15 is 0 Å². The first-order chi connectivity index (χ1) is 6.20. The van der Waals surface area contributed by atoms with Gasteiger partial charge in [-0.1, -0.05) is 0 Å². The van der Waals surface area contributed by atoms with E-state index in [1.54, 1.807) is 18.3 Å². The zero-order valence-electron chi connectivity index (χ0n) is 7.06. The highest BCUT2D eigenvalue weighted by molar-refractivity contribution is 6.05. The van der Waals surface area contributed by atoms with E-state index in [1.807, 2.05) is 0 Å². The van der Waals surface area contributed by atoms with E-state index in [0.717, 1.165) is 4.73 Å². The van der Waals surface area contributed by atoms with Crippen LogP contribution >= 0.6 is 0 Å². The fourth-order valence-electron chi connectivity index (χ4n) is 1.30. The molecular weight excluding hydrogens is 168 g/mol. The molecule has 2 heterocycles. The number of hydrogen-bond acceptors (Lipinski definition) is 3. The number of Topliss-reactive ketones (excluding diaryl/α,β-unsaturated/α-hetero) is 1. The van der Waals surface area contributed by atoms with Gasteiger partial charge in [-0.05, 0) is 19.1 Å². The smallest absolute Gasteiger partial charge is 0.163 e. The summed E-state index contributed by atoms with van der Waals surface area (Å²) < 4.78 is 0.916. The van der Waals surface area contributed by atoms with E-state index in [-0.39, 0.29) is 5.78 Å². The van der Waals surface area contributed by atoms with Gasteiger partial charge in [-0.2, -0.15) is 4.73 Å². The van der Waals surface area contributed by atoms with Crippen molar-refractivity contribution >= 4 is 16.8 Å². The van der Waals surface area contributed by atoms with Crippen molar-refractivity contribution in [1.82, 2.24) is 9.71 Å². The molecule has 0 aromatic carbocycles. The van der Waals surface area contributed by atoms with Crippen LogP contribution in [0.15, 0.2) is 24.5 Å². The van der Waals surface area contributed by atoms with E-state index < -0.39 is 0 Å². The standard InChI is InChI=1S/C9H8N2O2/c1-6(12)7-5-11(13)8-3-2-4-10-9(7)8/h2-5,13H,1H3. The second kappa shape index (κ2) is 2.58. The van der Waals surface area contributed by atoms with Crippen molar-refractivity contribution in [3.8, 4) is 0 Å². The fraction of sp³-hybridized carbons (Fsp3) is 0.111. The van der Waals surface area contributed by atoms with E-state index in [9.17, 15) is 10.0 Å². The van der Waals surface area contributed by atoms with Crippen LogP contribution < -0.4 is 0 Å². The minimum atomic E-state index is -0.100. The lowest BCUT2D eigenvalue weighted by molar-refractivity contribution is 0.101. The summed E-state index contributed by atoms with van der Waals surface area (Å²) in [6.45, 7) is 1.45. The van der Waals surface area contributed by atoms with Gasteiger partial charge >= 0.3 is 0 Å². The number of rotatable bonds is 1. The normalized spacial score (nSPS) is 10.5. The van der Waals surface area contributed by atoms with Crippen molar-refractivity contribution in [2.45, 2.75) is 6.92 Å². The summed E-state index contributed by atoms with van der Waals surface area (Å²) in [5, 5.41) is 9.37. The quantitative estimate of drug-likeness (QED) is 0.528. The van der Waals surface area contributed by atoms with Gasteiger partial charge in [-0.25, -0.2) is 0 Å². The molecule has 0 aliphatic carbocycles. The highest BCUT2D eigenvalue weighted by atomic mass is 16.5. The molecule has 0 aliphatic rings. The van der Waals surface area contributed by atoms with Crippen LogP contribution in [-0.4, -0.2) is 20.7 Å². The third-order valence-corrected chi connectivity index (χ3v) is 1.92. The Kier molecular flexibility index (Phi) is 1.55. The predicted octanol–water partition coefficient (Wildman–Crippen LogP) is 1.48. The number of fused-ring (bicyclic) bond motifs is 1. The average Bonchev–Trinajstić information content (AvgIpc) is 2.45. The Morgan fingerprint density at radius 3 is 3.08 bits per heavy atom. The Morgan fingerprint density at radius 2 is 2.38 bits per heavy atom. The number of pyridine rings is 1. The molecule has 0 amide bonds. The summed E-state index contributed by atoms with van der Waals surface area (Å²) in [5.74, 6) is -0.100. The van der Waals surface area contributed by atoms with E-state index in [1.165, 1.54) is 13.1 Å². The molecule has 13 heavy (non-hydrogen) atoms. The van der Waals surface area contributed by atoms with Crippen LogP contribution in [0.4, 0.5) is 0 Å². The summed E-state index contributed by atoms with van der Waals surface area (Å²) in [6.07, 6.45) is 2.97. The molecule has 0 unspecified atom stereocenters. The summed E-state index contributed by atoms with van der Waals surface area (Å²) in [4.78, 5) is 15.1. The van der Waals surface area contributed by atoms with Gasteiger partial charge in [0.2, 0.25) is 0 Å². The Morgan fingerprint density at radius 1 is 1.62 bits per heavy atom. The number of aromatic nitrogens is 2. The van der Waals surface area contributed by atoms with Crippen LogP contribution in [0, 0.1) is 0 Å². The molecule has 1 N–H and O–H groups in total. The highest BCUT2D eigenvalue weighted by Gasteiger charge is 2.11. The molecular formula is C9H8N2O2. The SMILES string of the molecule is CC(=O)c1cn(O)c2cccnc12. The molecule has 4 heteroatoms. The number of carbonyl (C=O) groups is 1. The van der Waals surface area contributed by atoms with Gasteiger partial charge in [0.1, 0.15) is 11.0 Å². The molecule has 0 saturated heterocycles. The lowest BCUT2D eigenvalue weighted by Gasteiger charge is -1.91. The first-order valence-electron chi connectivity index (χ1n) is 3.86. The van der Waals surface area contributed by atoms with Crippen LogP contribution in [0.1, 0.15) is 17.3 Å². The van der Waals surface area contributed by atoms with Gasteiger partial charge in [0.05, 0.1) is 11.8 Å². The maximum Gasteiger partial charge on any atom is 0.163 e. The molecule has 4 nitrogen and oxygen atoms in total. The van der Waals surface area contributed by atoms with E-state index in [2.05, 4.69) is 4.98 Å². The third kappa shape index (κ3) is 1.07. The fourth-order valence-corrected chi connectivity index (χ4v) is 1.30. The maximum atomic E-state index is 11.1. The summed E-state index contributed by atoms with van der Waals surface area (Å²) in [5.41, 5.74) is 1.53. The largest absolute Gasteiger partial charge is 0.428 e. The van der Waals surface area contributed by atoms with Crippen molar-refractivity contribution in [3.05, 3.63) is 30.1 Å². The topological polar surface area (TPSA) is 55.1 Å². The average molecular weight is 176 g/mol. The molecule has 2 aromatic rings. The van der Waals surface area contributed by atoms with E-state index in [4.69, 9.17) is 0 Å².